The number of benzene rings is 4. The highest BCUT2D eigenvalue weighted by Crippen LogP contribution is 2.35. The average Bonchev–Trinajstić information content (AvgIpc) is 2.82. The third-order valence-electron chi connectivity index (χ3n) is 4.96. The topological polar surface area (TPSA) is 32.7 Å². The molecule has 150 valence electrons. The van der Waals surface area contributed by atoms with Gasteiger partial charge in [0.05, 0.1) is 0 Å². The number of anilines is 3. The van der Waals surface area contributed by atoms with Crippen LogP contribution in [0.15, 0.2) is 109 Å². The third kappa shape index (κ3) is 4.53. The van der Waals surface area contributed by atoms with Crippen LogP contribution in [0, 0.1) is 0 Å². The number of aliphatic hydroxyl groups excluding tert-OH is 1. The van der Waals surface area contributed by atoms with Gasteiger partial charge in [-0.3, -0.25) is 0 Å². The predicted molar refractivity (Wildman–Crippen MR) is 123 cm³/mol. The molecule has 1 atom stereocenters. The van der Waals surface area contributed by atoms with E-state index in [-0.39, 0.29) is 0 Å². The van der Waals surface area contributed by atoms with Crippen molar-refractivity contribution in [1.82, 2.24) is 0 Å². The second-order valence-electron chi connectivity index (χ2n) is 7.06. The van der Waals surface area contributed by atoms with Gasteiger partial charge in [-0.25, -0.2) is 0 Å². The zero-order chi connectivity index (χ0) is 20.8. The molecule has 1 unspecified atom stereocenters. The van der Waals surface area contributed by atoms with E-state index >= 15 is 0 Å². The van der Waals surface area contributed by atoms with Crippen LogP contribution in [0.4, 0.5) is 17.1 Å². The summed E-state index contributed by atoms with van der Waals surface area (Å²) in [5, 5.41) is 9.64. The van der Waals surface area contributed by atoms with E-state index in [4.69, 9.17) is 4.74 Å². The van der Waals surface area contributed by atoms with Crippen molar-refractivity contribution in [1.29, 1.82) is 0 Å². The largest absolute Gasteiger partial charge is 0.465 e. The second-order valence-corrected chi connectivity index (χ2v) is 7.06. The van der Waals surface area contributed by atoms with Crippen LogP contribution in [0.5, 0.6) is 5.75 Å². The molecule has 0 amide bonds. The van der Waals surface area contributed by atoms with Crippen LogP contribution in [0.2, 0.25) is 0 Å². The molecule has 0 aromatic heterocycles. The SMILES string of the molecule is CCC(O)Oc1ccc(-c2ccc(N(c3ccccc3)c3ccccc3)cc2)cc1. The number of hydrogen-bond donors (Lipinski definition) is 1. The van der Waals surface area contributed by atoms with Crippen LogP contribution in [-0.4, -0.2) is 11.4 Å². The van der Waals surface area contributed by atoms with Crippen LogP contribution in [0.1, 0.15) is 13.3 Å². The van der Waals surface area contributed by atoms with Gasteiger partial charge in [-0.2, -0.15) is 0 Å². The third-order valence-corrected chi connectivity index (χ3v) is 4.96. The lowest BCUT2D eigenvalue weighted by atomic mass is 10.0. The smallest absolute Gasteiger partial charge is 0.197 e. The van der Waals surface area contributed by atoms with Crippen molar-refractivity contribution in [2.45, 2.75) is 19.6 Å². The molecule has 0 aliphatic carbocycles. The zero-order valence-corrected chi connectivity index (χ0v) is 17.0. The van der Waals surface area contributed by atoms with Gasteiger partial charge in [0, 0.05) is 23.5 Å². The molecule has 1 N–H and O–H groups in total. The van der Waals surface area contributed by atoms with Crippen LogP contribution in [0.25, 0.3) is 11.1 Å². The number of hydrogen-bond acceptors (Lipinski definition) is 3. The number of nitrogens with zero attached hydrogens (tertiary/aromatic N) is 1. The highest BCUT2D eigenvalue weighted by atomic mass is 16.6. The van der Waals surface area contributed by atoms with E-state index in [0.29, 0.717) is 12.2 Å². The lowest BCUT2D eigenvalue weighted by Crippen LogP contribution is -2.13. The van der Waals surface area contributed by atoms with Crippen molar-refractivity contribution in [2.75, 3.05) is 4.90 Å². The summed E-state index contributed by atoms with van der Waals surface area (Å²) >= 11 is 0. The van der Waals surface area contributed by atoms with Crippen molar-refractivity contribution in [2.24, 2.45) is 0 Å². The van der Waals surface area contributed by atoms with E-state index < -0.39 is 6.29 Å². The Hall–Kier alpha value is -3.56. The normalized spacial score (nSPS) is 11.7. The Morgan fingerprint density at radius 2 is 1.07 bits per heavy atom. The minimum absolute atomic E-state index is 0.558. The molecule has 0 saturated carbocycles. The van der Waals surface area contributed by atoms with Crippen molar-refractivity contribution in [3.63, 3.8) is 0 Å². The fourth-order valence-electron chi connectivity index (χ4n) is 3.37. The number of rotatable bonds is 7. The Labute approximate surface area is 177 Å². The van der Waals surface area contributed by atoms with E-state index in [9.17, 15) is 5.11 Å². The molecule has 4 aromatic carbocycles. The maximum Gasteiger partial charge on any atom is 0.197 e. The highest BCUT2D eigenvalue weighted by Gasteiger charge is 2.12. The number of ether oxygens (including phenoxy) is 1. The van der Waals surface area contributed by atoms with Crippen LogP contribution in [0.3, 0.4) is 0 Å². The van der Waals surface area contributed by atoms with Crippen molar-refractivity contribution in [3.05, 3.63) is 109 Å². The van der Waals surface area contributed by atoms with Gasteiger partial charge in [-0.15, -0.1) is 0 Å². The maximum absolute atomic E-state index is 9.64. The van der Waals surface area contributed by atoms with E-state index in [1.54, 1.807) is 0 Å². The first-order chi connectivity index (χ1) is 14.7. The molecule has 0 spiro atoms. The molecule has 0 fully saturated rings. The van der Waals surface area contributed by atoms with Crippen molar-refractivity contribution < 1.29 is 9.84 Å². The van der Waals surface area contributed by atoms with Crippen LogP contribution in [-0.2, 0) is 0 Å². The molecule has 4 rings (SSSR count). The van der Waals surface area contributed by atoms with Crippen molar-refractivity contribution in [3.8, 4) is 16.9 Å². The first-order valence-electron chi connectivity index (χ1n) is 10.2. The van der Waals surface area contributed by atoms with Gasteiger partial charge in [0.1, 0.15) is 5.75 Å². The Morgan fingerprint density at radius 1 is 0.633 bits per heavy atom. The minimum atomic E-state index is -0.767. The van der Waals surface area contributed by atoms with Gasteiger partial charge in [0.25, 0.3) is 0 Å². The summed E-state index contributed by atoms with van der Waals surface area (Å²) in [6, 6.07) is 37.1. The lowest BCUT2D eigenvalue weighted by Gasteiger charge is -2.25. The van der Waals surface area contributed by atoms with Gasteiger partial charge < -0.3 is 14.7 Å². The number of aliphatic hydroxyl groups is 1. The zero-order valence-electron chi connectivity index (χ0n) is 17.0. The van der Waals surface area contributed by atoms with Crippen LogP contribution >= 0.6 is 0 Å². The lowest BCUT2D eigenvalue weighted by molar-refractivity contribution is -0.0191. The molecule has 3 nitrogen and oxygen atoms in total. The summed E-state index contributed by atoms with van der Waals surface area (Å²) in [5.74, 6) is 0.670. The van der Waals surface area contributed by atoms with Gasteiger partial charge in [0.2, 0.25) is 0 Å². The quantitative estimate of drug-likeness (QED) is 0.344. The Kier molecular flexibility index (Phi) is 6.11. The Morgan fingerprint density at radius 3 is 1.53 bits per heavy atom. The van der Waals surface area contributed by atoms with E-state index in [2.05, 4.69) is 77.7 Å². The summed E-state index contributed by atoms with van der Waals surface area (Å²) in [7, 11) is 0. The predicted octanol–water partition coefficient (Wildman–Crippen LogP) is 6.93. The van der Waals surface area contributed by atoms with E-state index in [0.717, 1.165) is 28.2 Å². The Balaban J connectivity index is 1.61. The molecule has 0 aliphatic heterocycles. The van der Waals surface area contributed by atoms with Crippen LogP contribution < -0.4 is 9.64 Å². The minimum Gasteiger partial charge on any atom is -0.465 e. The summed E-state index contributed by atoms with van der Waals surface area (Å²) in [6.07, 6.45) is -0.209. The van der Waals surface area contributed by atoms with E-state index in [1.807, 2.05) is 43.3 Å². The van der Waals surface area contributed by atoms with Gasteiger partial charge in [-0.05, 0) is 59.7 Å². The molecule has 0 saturated heterocycles. The molecule has 0 bridgehead atoms. The fourth-order valence-corrected chi connectivity index (χ4v) is 3.37. The van der Waals surface area contributed by atoms with Crippen molar-refractivity contribution >= 4 is 17.1 Å². The fraction of sp³-hybridized carbons (Fsp3) is 0.111. The summed E-state index contributed by atoms with van der Waals surface area (Å²) in [6.45, 7) is 1.88. The Bertz CT molecular complexity index is 1010. The molecule has 0 radical (unpaired) electrons. The maximum atomic E-state index is 9.64. The number of para-hydroxylation sites is 2. The molecular weight excluding hydrogens is 370 g/mol. The highest BCUT2D eigenvalue weighted by molar-refractivity contribution is 5.78. The average molecular weight is 396 g/mol. The van der Waals surface area contributed by atoms with E-state index in [1.165, 1.54) is 0 Å². The molecule has 0 heterocycles. The molecule has 4 aromatic rings. The molecule has 0 aliphatic rings. The summed E-state index contributed by atoms with van der Waals surface area (Å²) in [4.78, 5) is 2.24. The first-order valence-corrected chi connectivity index (χ1v) is 10.2. The first kappa shape index (κ1) is 19.7. The molecular formula is C27H25NO2. The monoisotopic (exact) mass is 395 g/mol. The second kappa shape index (κ2) is 9.29. The van der Waals surface area contributed by atoms with Gasteiger partial charge >= 0.3 is 0 Å². The standard InChI is InChI=1S/C27H25NO2/c1-2-27(29)30-26-19-15-22(16-20-26)21-13-17-25(18-14-21)28(23-9-5-3-6-10-23)24-11-7-4-8-12-24/h3-20,27,29H,2H2,1H3. The molecule has 3 heteroatoms. The summed E-state index contributed by atoms with van der Waals surface area (Å²) < 4.78 is 5.45. The molecule has 30 heavy (non-hydrogen) atoms. The van der Waals surface area contributed by atoms with Gasteiger partial charge in [-0.1, -0.05) is 67.6 Å². The van der Waals surface area contributed by atoms with Gasteiger partial charge in [0.15, 0.2) is 6.29 Å². The summed E-state index contributed by atoms with van der Waals surface area (Å²) in [5.41, 5.74) is 5.57.